The van der Waals surface area contributed by atoms with Crippen molar-refractivity contribution in [1.29, 1.82) is 5.26 Å². The van der Waals surface area contributed by atoms with Crippen molar-refractivity contribution >= 4 is 5.91 Å². The smallest absolute Gasteiger partial charge is 0.266 e. The van der Waals surface area contributed by atoms with Gasteiger partial charge in [0.25, 0.3) is 5.91 Å². The van der Waals surface area contributed by atoms with Crippen LogP contribution in [0.4, 0.5) is 0 Å². The van der Waals surface area contributed by atoms with Gasteiger partial charge in [0, 0.05) is 38.5 Å². The van der Waals surface area contributed by atoms with E-state index < -0.39 is 0 Å². The van der Waals surface area contributed by atoms with Crippen LogP contribution in [0.1, 0.15) is 45.4 Å². The maximum absolute atomic E-state index is 12.5. The second-order valence-electron chi connectivity index (χ2n) is 6.53. The zero-order valence-electron chi connectivity index (χ0n) is 13.5. The fourth-order valence-corrected chi connectivity index (χ4v) is 3.33. The third-order valence-electron chi connectivity index (χ3n) is 4.85. The number of carbonyl (C=O) groups is 1. The molecule has 0 aliphatic carbocycles. The number of hydrogen-bond donors (Lipinski definition) is 1. The minimum Gasteiger partial charge on any atom is -0.396 e. The second kappa shape index (κ2) is 8.19. The Morgan fingerprint density at radius 3 is 2.64 bits per heavy atom. The summed E-state index contributed by atoms with van der Waals surface area (Å²) in [6, 6.07) is 2.33. The highest BCUT2D eigenvalue weighted by atomic mass is 16.3. The van der Waals surface area contributed by atoms with Gasteiger partial charge in [-0.2, -0.15) is 5.26 Å². The standard InChI is InChI=1S/C17H27N3O2/c1-14-5-9-19(10-6-14)17(22)15(12-18)13-20-8-3-2-4-16(20)7-11-21/h13-14,16,21H,2-11H2,1H3/b15-13-. The van der Waals surface area contributed by atoms with Gasteiger partial charge in [0.15, 0.2) is 0 Å². The van der Waals surface area contributed by atoms with Crippen LogP contribution in [-0.4, -0.2) is 53.1 Å². The van der Waals surface area contributed by atoms with E-state index in [4.69, 9.17) is 0 Å². The van der Waals surface area contributed by atoms with Crippen LogP contribution in [0, 0.1) is 17.2 Å². The number of aliphatic hydroxyl groups is 1. The van der Waals surface area contributed by atoms with Crippen LogP contribution in [0.25, 0.3) is 0 Å². The molecular formula is C17H27N3O2. The summed E-state index contributed by atoms with van der Waals surface area (Å²) in [4.78, 5) is 16.4. The molecule has 5 heteroatoms. The van der Waals surface area contributed by atoms with E-state index in [0.717, 1.165) is 51.7 Å². The van der Waals surface area contributed by atoms with Gasteiger partial charge in [0.1, 0.15) is 11.6 Å². The van der Waals surface area contributed by atoms with Crippen molar-refractivity contribution in [3.8, 4) is 6.07 Å². The van der Waals surface area contributed by atoms with Gasteiger partial charge in [0.2, 0.25) is 0 Å². The van der Waals surface area contributed by atoms with Gasteiger partial charge < -0.3 is 14.9 Å². The molecule has 2 saturated heterocycles. The van der Waals surface area contributed by atoms with Gasteiger partial charge in [-0.1, -0.05) is 6.92 Å². The molecule has 2 heterocycles. The molecule has 1 unspecified atom stereocenters. The predicted molar refractivity (Wildman–Crippen MR) is 84.7 cm³/mol. The molecule has 1 N–H and O–H groups in total. The van der Waals surface area contributed by atoms with Crippen molar-refractivity contribution in [3.63, 3.8) is 0 Å². The van der Waals surface area contributed by atoms with Gasteiger partial charge in [0.05, 0.1) is 0 Å². The number of piperidine rings is 2. The van der Waals surface area contributed by atoms with Gasteiger partial charge in [-0.15, -0.1) is 0 Å². The highest BCUT2D eigenvalue weighted by Gasteiger charge is 2.25. The Bertz CT molecular complexity index is 445. The largest absolute Gasteiger partial charge is 0.396 e. The predicted octanol–water partition coefficient (Wildman–Crippen LogP) is 1.89. The molecular weight excluding hydrogens is 278 g/mol. The summed E-state index contributed by atoms with van der Waals surface area (Å²) in [6.45, 7) is 4.71. The van der Waals surface area contributed by atoms with Crippen molar-refractivity contribution in [3.05, 3.63) is 11.8 Å². The van der Waals surface area contributed by atoms with Crippen molar-refractivity contribution in [2.24, 2.45) is 5.92 Å². The molecule has 0 spiro atoms. The van der Waals surface area contributed by atoms with E-state index in [1.807, 2.05) is 0 Å². The summed E-state index contributed by atoms with van der Waals surface area (Å²) in [5, 5.41) is 18.6. The Kier molecular flexibility index (Phi) is 6.26. The minimum absolute atomic E-state index is 0.136. The molecule has 2 aliphatic rings. The topological polar surface area (TPSA) is 67.6 Å². The number of hydrogen-bond acceptors (Lipinski definition) is 4. The second-order valence-corrected chi connectivity index (χ2v) is 6.53. The maximum atomic E-state index is 12.5. The van der Waals surface area contributed by atoms with Crippen LogP contribution < -0.4 is 0 Å². The van der Waals surface area contributed by atoms with Crippen LogP contribution in [0.3, 0.4) is 0 Å². The highest BCUT2D eigenvalue weighted by Crippen LogP contribution is 2.22. The van der Waals surface area contributed by atoms with Crippen LogP contribution >= 0.6 is 0 Å². The molecule has 0 radical (unpaired) electrons. The number of aliphatic hydroxyl groups excluding tert-OH is 1. The molecule has 0 aromatic rings. The first-order valence-corrected chi connectivity index (χ1v) is 8.43. The van der Waals surface area contributed by atoms with E-state index in [9.17, 15) is 15.2 Å². The zero-order valence-corrected chi connectivity index (χ0v) is 13.5. The first-order chi connectivity index (χ1) is 10.7. The van der Waals surface area contributed by atoms with Crippen molar-refractivity contribution in [2.75, 3.05) is 26.2 Å². The van der Waals surface area contributed by atoms with Crippen molar-refractivity contribution < 1.29 is 9.90 Å². The fourth-order valence-electron chi connectivity index (χ4n) is 3.33. The van der Waals surface area contributed by atoms with E-state index in [1.165, 1.54) is 0 Å². The maximum Gasteiger partial charge on any atom is 0.266 e. The Labute approximate surface area is 133 Å². The molecule has 1 atom stereocenters. The van der Waals surface area contributed by atoms with Crippen LogP contribution in [0.5, 0.6) is 0 Å². The van der Waals surface area contributed by atoms with E-state index in [-0.39, 0.29) is 24.1 Å². The average Bonchev–Trinajstić information content (AvgIpc) is 2.54. The van der Waals surface area contributed by atoms with Gasteiger partial charge >= 0.3 is 0 Å². The molecule has 0 aromatic heterocycles. The molecule has 0 aromatic carbocycles. The van der Waals surface area contributed by atoms with Crippen molar-refractivity contribution in [1.82, 2.24) is 9.80 Å². The fraction of sp³-hybridized carbons (Fsp3) is 0.765. The molecule has 0 bridgehead atoms. The lowest BCUT2D eigenvalue weighted by Gasteiger charge is -2.35. The van der Waals surface area contributed by atoms with Gasteiger partial charge in [-0.3, -0.25) is 4.79 Å². The lowest BCUT2D eigenvalue weighted by atomic mass is 9.98. The summed E-state index contributed by atoms with van der Waals surface area (Å²) >= 11 is 0. The number of likely N-dealkylation sites (tertiary alicyclic amines) is 2. The summed E-state index contributed by atoms with van der Waals surface area (Å²) in [7, 11) is 0. The van der Waals surface area contributed by atoms with E-state index in [0.29, 0.717) is 12.3 Å². The third-order valence-corrected chi connectivity index (χ3v) is 4.85. The monoisotopic (exact) mass is 305 g/mol. The summed E-state index contributed by atoms with van der Waals surface area (Å²) in [6.07, 6.45) is 7.71. The van der Waals surface area contributed by atoms with E-state index in [1.54, 1.807) is 11.1 Å². The molecule has 0 saturated carbocycles. The van der Waals surface area contributed by atoms with Crippen LogP contribution in [-0.2, 0) is 4.79 Å². The lowest BCUT2D eigenvalue weighted by molar-refractivity contribution is -0.128. The third kappa shape index (κ3) is 4.23. The summed E-state index contributed by atoms with van der Waals surface area (Å²) in [5.74, 6) is 0.525. The number of nitrogens with zero attached hydrogens (tertiary/aromatic N) is 3. The Balaban J connectivity index is 2.05. The van der Waals surface area contributed by atoms with Crippen LogP contribution in [0.2, 0.25) is 0 Å². The number of amides is 1. The van der Waals surface area contributed by atoms with Crippen LogP contribution in [0.15, 0.2) is 11.8 Å². The highest BCUT2D eigenvalue weighted by molar-refractivity contribution is 5.97. The molecule has 2 rings (SSSR count). The van der Waals surface area contributed by atoms with Gasteiger partial charge in [-0.05, 0) is 44.4 Å². The molecule has 5 nitrogen and oxygen atoms in total. The Morgan fingerprint density at radius 2 is 2.00 bits per heavy atom. The number of nitriles is 1. The first kappa shape index (κ1) is 16.8. The Hall–Kier alpha value is -1.54. The van der Waals surface area contributed by atoms with E-state index in [2.05, 4.69) is 17.9 Å². The quantitative estimate of drug-likeness (QED) is 0.636. The average molecular weight is 305 g/mol. The number of rotatable bonds is 4. The van der Waals surface area contributed by atoms with E-state index >= 15 is 0 Å². The molecule has 2 fully saturated rings. The number of carbonyl (C=O) groups excluding carboxylic acids is 1. The normalized spacial score (nSPS) is 24.2. The molecule has 2 aliphatic heterocycles. The molecule has 1 amide bonds. The minimum atomic E-state index is -0.136. The summed E-state index contributed by atoms with van der Waals surface area (Å²) in [5.41, 5.74) is 0.236. The molecule has 22 heavy (non-hydrogen) atoms. The first-order valence-electron chi connectivity index (χ1n) is 8.43. The molecule has 122 valence electrons. The summed E-state index contributed by atoms with van der Waals surface area (Å²) < 4.78 is 0. The Morgan fingerprint density at radius 1 is 1.27 bits per heavy atom. The van der Waals surface area contributed by atoms with Gasteiger partial charge in [-0.25, -0.2) is 0 Å². The zero-order chi connectivity index (χ0) is 15.9. The lowest BCUT2D eigenvalue weighted by Crippen LogP contribution is -2.40. The van der Waals surface area contributed by atoms with Crippen molar-refractivity contribution in [2.45, 2.75) is 51.5 Å². The SMILES string of the molecule is CC1CCN(C(=O)/C(C#N)=C\N2CCCCC2CCO)CC1.